The predicted octanol–water partition coefficient (Wildman–Crippen LogP) is 1.96. The number of carbonyl (C=O) groups excluding carboxylic acids is 1. The van der Waals surface area contributed by atoms with Gasteiger partial charge in [0.15, 0.2) is 0 Å². The van der Waals surface area contributed by atoms with E-state index in [2.05, 4.69) is 12.2 Å². The summed E-state index contributed by atoms with van der Waals surface area (Å²) in [7, 11) is 1.45. The van der Waals surface area contributed by atoms with Crippen LogP contribution in [-0.4, -0.2) is 25.7 Å². The van der Waals surface area contributed by atoms with Crippen molar-refractivity contribution in [2.75, 3.05) is 13.7 Å². The van der Waals surface area contributed by atoms with Gasteiger partial charge in [-0.05, 0) is 39.0 Å². The number of nitrogens with one attached hydrogen (secondary N) is 1. The molecule has 0 unspecified atom stereocenters. The second-order valence-electron chi connectivity index (χ2n) is 5.37. The predicted molar refractivity (Wildman–Crippen MR) is 60.6 cm³/mol. The minimum Gasteiger partial charge on any atom is -0.469 e. The highest BCUT2D eigenvalue weighted by Gasteiger charge is 2.30. The first-order chi connectivity index (χ1) is 6.95. The fraction of sp³-hybridized carbons (Fsp3) is 0.917. The zero-order chi connectivity index (χ0) is 11.5. The van der Waals surface area contributed by atoms with Crippen LogP contribution in [0.2, 0.25) is 0 Å². The van der Waals surface area contributed by atoms with Crippen molar-refractivity contribution in [1.82, 2.24) is 5.32 Å². The van der Waals surface area contributed by atoms with Gasteiger partial charge in [-0.15, -0.1) is 0 Å². The van der Waals surface area contributed by atoms with Gasteiger partial charge in [0, 0.05) is 12.6 Å². The number of hydrogen-bond acceptors (Lipinski definition) is 3. The van der Waals surface area contributed by atoms with Crippen molar-refractivity contribution in [3.63, 3.8) is 0 Å². The third kappa shape index (κ3) is 3.49. The van der Waals surface area contributed by atoms with Crippen LogP contribution in [0.15, 0.2) is 0 Å². The molecule has 0 aromatic rings. The van der Waals surface area contributed by atoms with E-state index >= 15 is 0 Å². The van der Waals surface area contributed by atoms with Crippen LogP contribution in [0.3, 0.4) is 0 Å². The maximum atomic E-state index is 11.4. The summed E-state index contributed by atoms with van der Waals surface area (Å²) in [6, 6.07) is 0.587. The third-order valence-electron chi connectivity index (χ3n) is 3.27. The Bertz CT molecular complexity index is 226. The van der Waals surface area contributed by atoms with Gasteiger partial charge in [0.25, 0.3) is 0 Å². The fourth-order valence-electron chi connectivity index (χ4n) is 2.14. The van der Waals surface area contributed by atoms with Gasteiger partial charge in [-0.2, -0.15) is 0 Å². The molecule has 0 aromatic carbocycles. The minimum absolute atomic E-state index is 0.138. The first kappa shape index (κ1) is 12.5. The first-order valence-electron chi connectivity index (χ1n) is 5.77. The van der Waals surface area contributed by atoms with Gasteiger partial charge in [-0.3, -0.25) is 4.79 Å². The largest absolute Gasteiger partial charge is 0.469 e. The molecule has 0 aromatic heterocycles. The first-order valence-corrected chi connectivity index (χ1v) is 5.77. The molecule has 0 aliphatic heterocycles. The molecule has 0 heterocycles. The Morgan fingerprint density at radius 2 is 2.13 bits per heavy atom. The molecule has 15 heavy (non-hydrogen) atoms. The molecule has 3 heteroatoms. The van der Waals surface area contributed by atoms with Crippen molar-refractivity contribution in [2.24, 2.45) is 11.3 Å². The van der Waals surface area contributed by atoms with Crippen molar-refractivity contribution < 1.29 is 9.53 Å². The van der Waals surface area contributed by atoms with Crippen molar-refractivity contribution in [1.29, 1.82) is 0 Å². The molecule has 0 spiro atoms. The number of hydrogen-bond donors (Lipinski definition) is 1. The van der Waals surface area contributed by atoms with E-state index < -0.39 is 5.41 Å². The lowest BCUT2D eigenvalue weighted by molar-refractivity contribution is -0.150. The summed E-state index contributed by atoms with van der Waals surface area (Å²) in [5.74, 6) is 0.685. The highest BCUT2D eigenvalue weighted by molar-refractivity contribution is 5.76. The van der Waals surface area contributed by atoms with Gasteiger partial charge < -0.3 is 10.1 Å². The van der Waals surface area contributed by atoms with Crippen molar-refractivity contribution >= 4 is 5.97 Å². The van der Waals surface area contributed by atoms with E-state index in [1.807, 2.05) is 13.8 Å². The molecular weight excluding hydrogens is 190 g/mol. The maximum absolute atomic E-state index is 11.4. The molecule has 1 fully saturated rings. The fourth-order valence-corrected chi connectivity index (χ4v) is 2.14. The van der Waals surface area contributed by atoms with Crippen LogP contribution >= 0.6 is 0 Å². The summed E-state index contributed by atoms with van der Waals surface area (Å²) < 4.78 is 4.77. The summed E-state index contributed by atoms with van der Waals surface area (Å²) in [4.78, 5) is 11.4. The molecule has 1 saturated carbocycles. The van der Waals surface area contributed by atoms with Crippen molar-refractivity contribution in [3.8, 4) is 0 Å². The lowest BCUT2D eigenvalue weighted by atomic mass is 9.93. The van der Waals surface area contributed by atoms with Gasteiger partial charge in [-0.25, -0.2) is 0 Å². The van der Waals surface area contributed by atoms with Crippen LogP contribution in [0.5, 0.6) is 0 Å². The molecular formula is C12H23NO2. The summed E-state index contributed by atoms with van der Waals surface area (Å²) in [6.07, 6.45) is 3.77. The number of methoxy groups -OCH3 is 1. The van der Waals surface area contributed by atoms with Gasteiger partial charge in [0.1, 0.15) is 0 Å². The summed E-state index contributed by atoms with van der Waals surface area (Å²) >= 11 is 0. The Morgan fingerprint density at radius 3 is 2.60 bits per heavy atom. The Kier molecular flexibility index (Phi) is 4.14. The van der Waals surface area contributed by atoms with Gasteiger partial charge in [-0.1, -0.05) is 6.92 Å². The van der Waals surface area contributed by atoms with E-state index in [0.717, 1.165) is 5.92 Å². The summed E-state index contributed by atoms with van der Waals surface area (Å²) in [6.45, 7) is 6.83. The molecule has 1 rings (SSSR count). The van der Waals surface area contributed by atoms with Crippen molar-refractivity contribution in [3.05, 3.63) is 0 Å². The Balaban J connectivity index is 2.32. The molecule has 1 aliphatic carbocycles. The van der Waals surface area contributed by atoms with Crippen LogP contribution in [0.25, 0.3) is 0 Å². The van der Waals surface area contributed by atoms with Crippen LogP contribution in [0, 0.1) is 11.3 Å². The molecule has 0 radical (unpaired) electrons. The van der Waals surface area contributed by atoms with E-state index in [9.17, 15) is 4.79 Å². The normalized spacial score (nSPS) is 26.7. The number of carbonyl (C=O) groups is 1. The van der Waals surface area contributed by atoms with E-state index in [1.165, 1.54) is 26.4 Å². The Hall–Kier alpha value is -0.570. The number of rotatable bonds is 4. The SMILES string of the molecule is COC(=O)C(C)(C)CN[C@H]1CC[C@H](C)C1. The third-order valence-corrected chi connectivity index (χ3v) is 3.27. The second kappa shape index (κ2) is 4.97. The van der Waals surface area contributed by atoms with Crippen LogP contribution in [0.4, 0.5) is 0 Å². The van der Waals surface area contributed by atoms with Crippen molar-refractivity contribution in [2.45, 2.75) is 46.1 Å². The molecule has 2 atom stereocenters. The summed E-state index contributed by atoms with van der Waals surface area (Å²) in [5.41, 5.74) is -0.416. The molecule has 3 nitrogen and oxygen atoms in total. The highest BCUT2D eigenvalue weighted by atomic mass is 16.5. The van der Waals surface area contributed by atoms with Gasteiger partial charge >= 0.3 is 5.97 Å². The standard InChI is InChI=1S/C12H23NO2/c1-9-5-6-10(7-9)13-8-12(2,3)11(14)15-4/h9-10,13H,5-8H2,1-4H3/t9-,10-/m0/s1. The lowest BCUT2D eigenvalue weighted by Gasteiger charge is -2.24. The average molecular weight is 213 g/mol. The van der Waals surface area contributed by atoms with E-state index in [0.29, 0.717) is 12.6 Å². The zero-order valence-corrected chi connectivity index (χ0v) is 10.3. The minimum atomic E-state index is -0.416. The van der Waals surface area contributed by atoms with E-state index in [1.54, 1.807) is 0 Å². The van der Waals surface area contributed by atoms with E-state index in [-0.39, 0.29) is 5.97 Å². The molecule has 1 N–H and O–H groups in total. The quantitative estimate of drug-likeness (QED) is 0.726. The monoisotopic (exact) mass is 213 g/mol. The van der Waals surface area contributed by atoms with Gasteiger partial charge in [0.2, 0.25) is 0 Å². The number of esters is 1. The molecule has 0 amide bonds. The summed E-state index contributed by atoms with van der Waals surface area (Å²) in [5, 5.41) is 3.47. The van der Waals surface area contributed by atoms with Crippen LogP contribution in [-0.2, 0) is 9.53 Å². The molecule has 0 saturated heterocycles. The topological polar surface area (TPSA) is 38.3 Å². The van der Waals surface area contributed by atoms with Crippen LogP contribution in [0.1, 0.15) is 40.0 Å². The average Bonchev–Trinajstić information content (AvgIpc) is 2.60. The molecule has 0 bridgehead atoms. The smallest absolute Gasteiger partial charge is 0.312 e. The number of ether oxygens (including phenoxy) is 1. The Morgan fingerprint density at radius 1 is 1.47 bits per heavy atom. The zero-order valence-electron chi connectivity index (χ0n) is 10.3. The highest BCUT2D eigenvalue weighted by Crippen LogP contribution is 2.25. The van der Waals surface area contributed by atoms with Crippen LogP contribution < -0.4 is 5.32 Å². The lowest BCUT2D eigenvalue weighted by Crippen LogP contribution is -2.40. The van der Waals surface area contributed by atoms with Gasteiger partial charge in [0.05, 0.1) is 12.5 Å². The molecule has 1 aliphatic rings. The second-order valence-corrected chi connectivity index (χ2v) is 5.37. The Labute approximate surface area is 92.6 Å². The van der Waals surface area contributed by atoms with E-state index in [4.69, 9.17) is 4.74 Å². The molecule has 88 valence electrons. The maximum Gasteiger partial charge on any atom is 0.312 e.